The second-order valence-electron chi connectivity index (χ2n) is 8.21. The van der Waals surface area contributed by atoms with E-state index in [1.807, 2.05) is 18.2 Å². The Morgan fingerprint density at radius 2 is 1.90 bits per heavy atom. The standard InChI is InChI=1S/C24H31N3O2/c1-19(28)27-16-13-23-24(27)8-3-2-6-15-26(23)17-20-9-11-22(12-10-20)29-18-21-7-4-5-14-25-21/h4-5,7,9-12,14,23-24H,2-3,6,8,13,15-18H2,1H3/t23-,24+/m0/s1. The van der Waals surface area contributed by atoms with Crippen molar-refractivity contribution in [2.75, 3.05) is 13.1 Å². The summed E-state index contributed by atoms with van der Waals surface area (Å²) in [6, 6.07) is 15.2. The first-order valence-corrected chi connectivity index (χ1v) is 10.8. The molecular formula is C24H31N3O2. The molecule has 0 saturated carbocycles. The molecule has 0 N–H and O–H groups in total. The number of benzene rings is 1. The van der Waals surface area contributed by atoms with Gasteiger partial charge in [0.2, 0.25) is 5.91 Å². The van der Waals surface area contributed by atoms with Crippen LogP contribution in [-0.4, -0.2) is 45.9 Å². The minimum Gasteiger partial charge on any atom is -0.487 e. The molecule has 2 aliphatic heterocycles. The Kier molecular flexibility index (Phi) is 6.45. The van der Waals surface area contributed by atoms with Crippen molar-refractivity contribution < 1.29 is 9.53 Å². The average molecular weight is 394 g/mol. The van der Waals surface area contributed by atoms with E-state index < -0.39 is 0 Å². The molecule has 29 heavy (non-hydrogen) atoms. The van der Waals surface area contributed by atoms with Crippen LogP contribution in [0.3, 0.4) is 0 Å². The van der Waals surface area contributed by atoms with Gasteiger partial charge >= 0.3 is 0 Å². The summed E-state index contributed by atoms with van der Waals surface area (Å²) < 4.78 is 5.86. The van der Waals surface area contributed by atoms with Gasteiger partial charge < -0.3 is 9.64 Å². The third-order valence-electron chi connectivity index (χ3n) is 6.25. The molecule has 4 rings (SSSR count). The molecule has 3 heterocycles. The van der Waals surface area contributed by atoms with Crippen LogP contribution in [0.2, 0.25) is 0 Å². The van der Waals surface area contributed by atoms with Gasteiger partial charge in [-0.05, 0) is 55.6 Å². The Hall–Kier alpha value is -2.40. The van der Waals surface area contributed by atoms with Crippen LogP contribution in [0, 0.1) is 0 Å². The van der Waals surface area contributed by atoms with Crippen LogP contribution < -0.4 is 4.74 Å². The zero-order chi connectivity index (χ0) is 20.1. The lowest BCUT2D eigenvalue weighted by atomic mass is 9.96. The number of carbonyl (C=O) groups is 1. The van der Waals surface area contributed by atoms with Crippen LogP contribution in [0.4, 0.5) is 0 Å². The minimum atomic E-state index is 0.229. The first-order valence-electron chi connectivity index (χ1n) is 10.8. The van der Waals surface area contributed by atoms with Gasteiger partial charge in [-0.15, -0.1) is 0 Å². The van der Waals surface area contributed by atoms with Gasteiger partial charge in [0, 0.05) is 38.3 Å². The maximum Gasteiger partial charge on any atom is 0.219 e. The predicted molar refractivity (Wildman–Crippen MR) is 113 cm³/mol. The van der Waals surface area contributed by atoms with Crippen molar-refractivity contribution in [3.63, 3.8) is 0 Å². The molecule has 5 nitrogen and oxygen atoms in total. The maximum atomic E-state index is 12.1. The number of nitrogens with zero attached hydrogens (tertiary/aromatic N) is 3. The van der Waals surface area contributed by atoms with Gasteiger partial charge in [-0.25, -0.2) is 0 Å². The second-order valence-corrected chi connectivity index (χ2v) is 8.21. The molecule has 154 valence electrons. The maximum absolute atomic E-state index is 12.1. The van der Waals surface area contributed by atoms with E-state index >= 15 is 0 Å². The summed E-state index contributed by atoms with van der Waals surface area (Å²) in [4.78, 5) is 21.1. The fraction of sp³-hybridized carbons (Fsp3) is 0.500. The van der Waals surface area contributed by atoms with Crippen molar-refractivity contribution in [1.29, 1.82) is 0 Å². The molecule has 0 radical (unpaired) electrons. The third-order valence-corrected chi connectivity index (χ3v) is 6.25. The zero-order valence-electron chi connectivity index (χ0n) is 17.3. The summed E-state index contributed by atoms with van der Waals surface area (Å²) in [6.45, 7) is 5.16. The quantitative estimate of drug-likeness (QED) is 0.770. The first kappa shape index (κ1) is 19.9. The van der Waals surface area contributed by atoms with Crippen molar-refractivity contribution in [2.45, 2.75) is 64.3 Å². The largest absolute Gasteiger partial charge is 0.487 e. The van der Waals surface area contributed by atoms with E-state index in [1.54, 1.807) is 13.1 Å². The molecule has 2 aromatic rings. The number of amides is 1. The van der Waals surface area contributed by atoms with Crippen molar-refractivity contribution in [3.05, 3.63) is 59.9 Å². The lowest BCUT2D eigenvalue weighted by molar-refractivity contribution is -0.130. The van der Waals surface area contributed by atoms with Crippen LogP contribution in [-0.2, 0) is 17.9 Å². The molecule has 1 aromatic heterocycles. The number of likely N-dealkylation sites (tertiary alicyclic amines) is 2. The molecule has 5 heteroatoms. The summed E-state index contributed by atoms with van der Waals surface area (Å²) in [5.41, 5.74) is 2.23. The van der Waals surface area contributed by atoms with Gasteiger partial charge in [0.1, 0.15) is 12.4 Å². The van der Waals surface area contributed by atoms with Crippen LogP contribution in [0.5, 0.6) is 5.75 Å². The molecule has 0 unspecified atom stereocenters. The number of fused-ring (bicyclic) bond motifs is 1. The average Bonchev–Trinajstić information content (AvgIpc) is 3.14. The van der Waals surface area contributed by atoms with Crippen molar-refractivity contribution >= 4 is 5.91 Å². The van der Waals surface area contributed by atoms with E-state index in [1.165, 1.54) is 24.8 Å². The number of carbonyl (C=O) groups excluding carboxylic acids is 1. The van der Waals surface area contributed by atoms with Gasteiger partial charge in [0.15, 0.2) is 0 Å². The van der Waals surface area contributed by atoms with E-state index in [-0.39, 0.29) is 5.91 Å². The molecule has 0 aliphatic carbocycles. The van der Waals surface area contributed by atoms with Gasteiger partial charge in [0.25, 0.3) is 0 Å². The first-order chi connectivity index (χ1) is 14.2. The fourth-order valence-corrected chi connectivity index (χ4v) is 4.78. The third kappa shape index (κ3) is 4.96. The van der Waals surface area contributed by atoms with E-state index in [0.29, 0.717) is 18.7 Å². The van der Waals surface area contributed by atoms with Gasteiger partial charge in [-0.3, -0.25) is 14.7 Å². The highest BCUT2D eigenvalue weighted by molar-refractivity contribution is 5.74. The Morgan fingerprint density at radius 3 is 2.66 bits per heavy atom. The fourth-order valence-electron chi connectivity index (χ4n) is 4.78. The molecule has 2 atom stereocenters. The molecule has 2 fully saturated rings. The Labute approximate surface area is 173 Å². The Balaban J connectivity index is 1.38. The van der Waals surface area contributed by atoms with E-state index in [4.69, 9.17) is 4.74 Å². The number of hydrogen-bond donors (Lipinski definition) is 0. The van der Waals surface area contributed by atoms with Gasteiger partial charge in [-0.2, -0.15) is 0 Å². The SMILES string of the molecule is CC(=O)N1CC[C@H]2[C@H]1CCCCCN2Cc1ccc(OCc2ccccn2)cc1. The Bertz CT molecular complexity index is 794. The van der Waals surface area contributed by atoms with Crippen molar-refractivity contribution in [1.82, 2.24) is 14.8 Å². The van der Waals surface area contributed by atoms with Crippen LogP contribution in [0.1, 0.15) is 50.3 Å². The monoisotopic (exact) mass is 393 g/mol. The highest BCUT2D eigenvalue weighted by Crippen LogP contribution is 2.31. The summed E-state index contributed by atoms with van der Waals surface area (Å²) in [7, 11) is 0. The summed E-state index contributed by atoms with van der Waals surface area (Å²) in [6.07, 6.45) is 7.76. The van der Waals surface area contributed by atoms with Crippen molar-refractivity contribution in [3.8, 4) is 5.75 Å². The normalized spacial score (nSPS) is 22.6. The highest BCUT2D eigenvalue weighted by atomic mass is 16.5. The van der Waals surface area contributed by atoms with E-state index in [2.05, 4.69) is 39.0 Å². The molecule has 0 spiro atoms. The topological polar surface area (TPSA) is 45.7 Å². The van der Waals surface area contributed by atoms with Crippen molar-refractivity contribution in [2.24, 2.45) is 0 Å². The molecule has 2 aliphatic rings. The highest BCUT2D eigenvalue weighted by Gasteiger charge is 2.39. The smallest absolute Gasteiger partial charge is 0.219 e. The van der Waals surface area contributed by atoms with E-state index in [0.717, 1.165) is 43.9 Å². The van der Waals surface area contributed by atoms with Gasteiger partial charge in [-0.1, -0.05) is 31.0 Å². The number of aromatic nitrogens is 1. The molecule has 2 saturated heterocycles. The van der Waals surface area contributed by atoms with E-state index in [9.17, 15) is 4.79 Å². The minimum absolute atomic E-state index is 0.229. The number of rotatable bonds is 5. The summed E-state index contributed by atoms with van der Waals surface area (Å²) >= 11 is 0. The summed E-state index contributed by atoms with van der Waals surface area (Å²) in [5.74, 6) is 1.10. The molecule has 1 aromatic carbocycles. The van der Waals surface area contributed by atoms with Crippen LogP contribution in [0.25, 0.3) is 0 Å². The van der Waals surface area contributed by atoms with Gasteiger partial charge in [0.05, 0.1) is 5.69 Å². The Morgan fingerprint density at radius 1 is 1.03 bits per heavy atom. The van der Waals surface area contributed by atoms with Crippen LogP contribution >= 0.6 is 0 Å². The number of ether oxygens (including phenoxy) is 1. The predicted octanol–water partition coefficient (Wildman–Crippen LogP) is 4.03. The number of hydrogen-bond acceptors (Lipinski definition) is 4. The molecule has 1 amide bonds. The lowest BCUT2D eigenvalue weighted by Crippen LogP contribution is -2.47. The summed E-state index contributed by atoms with van der Waals surface area (Å²) in [5, 5.41) is 0. The van der Waals surface area contributed by atoms with Crippen LogP contribution in [0.15, 0.2) is 48.7 Å². The lowest BCUT2D eigenvalue weighted by Gasteiger charge is -2.37. The molecular weight excluding hydrogens is 362 g/mol. The second kappa shape index (κ2) is 9.40. The number of pyridine rings is 1. The molecule has 0 bridgehead atoms. The zero-order valence-corrected chi connectivity index (χ0v) is 17.3.